The van der Waals surface area contributed by atoms with Gasteiger partial charge >= 0.3 is 5.97 Å². The van der Waals surface area contributed by atoms with E-state index in [9.17, 15) is 9.59 Å². The molecule has 0 heterocycles. The lowest BCUT2D eigenvalue weighted by Gasteiger charge is -2.55. The maximum atomic E-state index is 13.2. The summed E-state index contributed by atoms with van der Waals surface area (Å²) in [6.07, 6.45) is 11.8. The van der Waals surface area contributed by atoms with Gasteiger partial charge in [0.1, 0.15) is 0 Å². The van der Waals surface area contributed by atoms with Gasteiger partial charge in [-0.25, -0.2) is 0 Å². The van der Waals surface area contributed by atoms with E-state index in [0.717, 1.165) is 57.8 Å². The number of fused-ring (bicyclic) bond motifs is 6. The van der Waals surface area contributed by atoms with Crippen molar-refractivity contribution in [3.63, 3.8) is 0 Å². The van der Waals surface area contributed by atoms with Gasteiger partial charge in [0.25, 0.3) is 6.47 Å². The molecule has 0 bridgehead atoms. The van der Waals surface area contributed by atoms with E-state index in [4.69, 9.17) is 9.47 Å². The molecule has 2 aromatic rings. The maximum Gasteiger partial charge on any atom is 0.311 e. The summed E-state index contributed by atoms with van der Waals surface area (Å²) in [6, 6.07) is 10.3. The van der Waals surface area contributed by atoms with Gasteiger partial charge < -0.3 is 9.47 Å². The van der Waals surface area contributed by atoms with Crippen molar-refractivity contribution in [2.75, 3.05) is 13.7 Å². The molecule has 0 N–H and O–H groups in total. The molecule has 2 fully saturated rings. The molecule has 47 heavy (non-hydrogen) atoms. The second-order valence-corrected chi connectivity index (χ2v) is 17.6. The van der Waals surface area contributed by atoms with Crippen LogP contribution in [0.5, 0.6) is 0 Å². The SMILES string of the molecule is COC(=O)C1(C)CCCC2(C)c3cc(Cc4cc5c(cc4C(C)C)CCC4C(C)(COC=O)CCCC54C)c(C(C)C)cc3CCC12. The molecule has 4 heteroatoms. The van der Waals surface area contributed by atoms with Gasteiger partial charge in [-0.3, -0.25) is 9.59 Å². The Balaban J connectivity index is 1.45. The van der Waals surface area contributed by atoms with E-state index in [1.165, 1.54) is 51.8 Å². The van der Waals surface area contributed by atoms with Crippen LogP contribution in [0.15, 0.2) is 24.3 Å². The summed E-state index contributed by atoms with van der Waals surface area (Å²) in [5.74, 6) is 1.63. The minimum absolute atomic E-state index is 0.0104. The summed E-state index contributed by atoms with van der Waals surface area (Å²) >= 11 is 0. The van der Waals surface area contributed by atoms with Crippen LogP contribution in [0.4, 0.5) is 0 Å². The average Bonchev–Trinajstić information content (AvgIpc) is 3.03. The van der Waals surface area contributed by atoms with Crippen molar-refractivity contribution in [1.29, 1.82) is 0 Å². The van der Waals surface area contributed by atoms with E-state index < -0.39 is 5.41 Å². The number of ether oxygens (including phenoxy) is 2. The number of methoxy groups -OCH3 is 1. The van der Waals surface area contributed by atoms with E-state index >= 15 is 0 Å². The summed E-state index contributed by atoms with van der Waals surface area (Å²) in [4.78, 5) is 24.5. The molecule has 256 valence electrons. The van der Waals surface area contributed by atoms with Crippen molar-refractivity contribution < 1.29 is 19.1 Å². The molecular formula is C43H60O4. The second kappa shape index (κ2) is 12.4. The minimum atomic E-state index is -0.434. The highest BCUT2D eigenvalue weighted by molar-refractivity contribution is 5.77. The fourth-order valence-electron chi connectivity index (χ4n) is 11.8. The molecule has 2 saturated carbocycles. The molecule has 4 nitrogen and oxygen atoms in total. The third-order valence-corrected chi connectivity index (χ3v) is 14.1. The summed E-state index contributed by atoms with van der Waals surface area (Å²) < 4.78 is 10.9. The third-order valence-electron chi connectivity index (χ3n) is 14.1. The van der Waals surface area contributed by atoms with Crippen molar-refractivity contribution in [2.45, 2.75) is 149 Å². The number of hydrogen-bond acceptors (Lipinski definition) is 4. The number of carbonyl (C=O) groups excluding carboxylic acids is 2. The first-order valence-electron chi connectivity index (χ1n) is 18.7. The molecule has 6 rings (SSSR count). The Morgan fingerprint density at radius 2 is 1.30 bits per heavy atom. The van der Waals surface area contributed by atoms with Crippen LogP contribution in [0, 0.1) is 22.7 Å². The highest BCUT2D eigenvalue weighted by atomic mass is 16.5. The Hall–Kier alpha value is -2.62. The Bertz CT molecular complexity index is 1540. The molecular weight excluding hydrogens is 580 g/mol. The summed E-state index contributed by atoms with van der Waals surface area (Å²) in [6.45, 7) is 20.0. The van der Waals surface area contributed by atoms with E-state index in [2.05, 4.69) is 79.7 Å². The lowest BCUT2D eigenvalue weighted by atomic mass is 9.49. The van der Waals surface area contributed by atoms with Crippen molar-refractivity contribution in [1.82, 2.24) is 0 Å². The molecule has 0 radical (unpaired) electrons. The first-order valence-corrected chi connectivity index (χ1v) is 18.7. The predicted molar refractivity (Wildman–Crippen MR) is 190 cm³/mol. The molecule has 0 saturated heterocycles. The van der Waals surface area contributed by atoms with E-state index in [-0.39, 0.29) is 28.1 Å². The quantitative estimate of drug-likeness (QED) is 0.213. The van der Waals surface area contributed by atoms with Crippen LogP contribution in [0.3, 0.4) is 0 Å². The Kier molecular flexibility index (Phi) is 9.01. The first kappa shape index (κ1) is 34.3. The summed E-state index contributed by atoms with van der Waals surface area (Å²) in [5.41, 5.74) is 11.6. The molecule has 4 aliphatic rings. The normalized spacial score (nSPS) is 33.0. The van der Waals surface area contributed by atoms with Crippen LogP contribution in [-0.2, 0) is 49.2 Å². The van der Waals surface area contributed by atoms with Gasteiger partial charge in [0, 0.05) is 5.41 Å². The van der Waals surface area contributed by atoms with Crippen LogP contribution in [0.1, 0.15) is 163 Å². The standard InChI is InChI=1S/C43H60O4/c1-27(2)33-21-29-12-14-37-40(5,25-47-26-44)16-10-17-41(37,6)35(29)23-31(33)20-32-24-36-30(22-34(32)28(3)4)13-15-38-42(36,7)18-11-19-43(38,8)39(45)46-9/h21-24,26-28,37-38H,10-20,25H2,1-9H3. The van der Waals surface area contributed by atoms with E-state index in [0.29, 0.717) is 30.8 Å². The summed E-state index contributed by atoms with van der Waals surface area (Å²) in [5, 5.41) is 0. The van der Waals surface area contributed by atoms with Crippen LogP contribution in [-0.4, -0.2) is 26.2 Å². The van der Waals surface area contributed by atoms with Gasteiger partial charge in [-0.15, -0.1) is 0 Å². The van der Waals surface area contributed by atoms with E-state index in [1.807, 2.05) is 0 Å². The van der Waals surface area contributed by atoms with Gasteiger partial charge in [0.15, 0.2) is 0 Å². The van der Waals surface area contributed by atoms with Crippen molar-refractivity contribution in [2.24, 2.45) is 22.7 Å². The first-order chi connectivity index (χ1) is 22.2. The fourth-order valence-corrected chi connectivity index (χ4v) is 11.8. The van der Waals surface area contributed by atoms with Crippen LogP contribution < -0.4 is 0 Å². The zero-order valence-electron chi connectivity index (χ0n) is 30.8. The fraction of sp³-hybridized carbons (Fsp3) is 0.674. The third kappa shape index (κ3) is 5.48. The Morgan fingerprint density at radius 1 is 0.787 bits per heavy atom. The maximum absolute atomic E-state index is 13.2. The van der Waals surface area contributed by atoms with Gasteiger partial charge in [0.05, 0.1) is 19.1 Å². The highest BCUT2D eigenvalue weighted by Crippen LogP contribution is 2.59. The lowest BCUT2D eigenvalue weighted by molar-refractivity contribution is -0.161. The predicted octanol–water partition coefficient (Wildman–Crippen LogP) is 9.89. The van der Waals surface area contributed by atoms with Crippen molar-refractivity contribution in [3.05, 3.63) is 68.8 Å². The number of carbonyl (C=O) groups is 2. The van der Waals surface area contributed by atoms with Crippen LogP contribution >= 0.6 is 0 Å². The number of rotatable bonds is 8. The molecule has 6 unspecified atom stereocenters. The van der Waals surface area contributed by atoms with Crippen LogP contribution in [0.25, 0.3) is 0 Å². The molecule has 6 atom stereocenters. The molecule has 0 spiro atoms. The Morgan fingerprint density at radius 3 is 1.81 bits per heavy atom. The van der Waals surface area contributed by atoms with Gasteiger partial charge in [-0.05, 0) is 144 Å². The molecule has 0 amide bonds. The smallest absolute Gasteiger partial charge is 0.311 e. The molecule has 0 aliphatic heterocycles. The molecule has 2 aromatic carbocycles. The zero-order valence-corrected chi connectivity index (χ0v) is 30.8. The monoisotopic (exact) mass is 640 g/mol. The van der Waals surface area contributed by atoms with Crippen molar-refractivity contribution >= 4 is 12.4 Å². The average molecular weight is 641 g/mol. The largest absolute Gasteiger partial charge is 0.469 e. The van der Waals surface area contributed by atoms with Gasteiger partial charge in [-0.2, -0.15) is 0 Å². The molecule has 4 aliphatic carbocycles. The highest BCUT2D eigenvalue weighted by Gasteiger charge is 2.56. The van der Waals surface area contributed by atoms with E-state index in [1.54, 1.807) is 12.7 Å². The number of benzene rings is 2. The topological polar surface area (TPSA) is 52.6 Å². The zero-order chi connectivity index (χ0) is 33.9. The van der Waals surface area contributed by atoms with Crippen molar-refractivity contribution in [3.8, 4) is 0 Å². The number of hydrogen-bond donors (Lipinski definition) is 0. The second-order valence-electron chi connectivity index (χ2n) is 17.6. The van der Waals surface area contributed by atoms with Crippen LogP contribution in [0.2, 0.25) is 0 Å². The lowest BCUT2D eigenvalue weighted by Crippen LogP contribution is -2.52. The minimum Gasteiger partial charge on any atom is -0.469 e. The number of aryl methyl sites for hydroxylation is 2. The molecule has 0 aromatic heterocycles. The number of esters is 1. The summed E-state index contributed by atoms with van der Waals surface area (Å²) in [7, 11) is 1.56. The van der Waals surface area contributed by atoms with Gasteiger partial charge in [0.2, 0.25) is 0 Å². The Labute approximate surface area is 284 Å². The van der Waals surface area contributed by atoms with Gasteiger partial charge in [-0.1, -0.05) is 85.6 Å².